The zero-order valence-corrected chi connectivity index (χ0v) is 17.6. The Hall–Kier alpha value is -4.60. The smallest absolute Gasteiger partial charge is 0.302 e. The van der Waals surface area contributed by atoms with Gasteiger partial charge < -0.3 is 14.8 Å². The lowest BCUT2D eigenvalue weighted by Crippen LogP contribution is -2.30. The third kappa shape index (κ3) is 3.36. The summed E-state index contributed by atoms with van der Waals surface area (Å²) in [4.78, 5) is 38.3. The van der Waals surface area contributed by atoms with Crippen LogP contribution in [0.2, 0.25) is 0 Å². The number of carbonyl (C=O) groups excluding carboxylic acids is 2. The van der Waals surface area contributed by atoms with E-state index in [9.17, 15) is 23.5 Å². The van der Waals surface area contributed by atoms with Crippen molar-refractivity contribution < 1.29 is 28.2 Å². The lowest BCUT2D eigenvalue weighted by molar-refractivity contribution is -0.132. The number of aromatic amines is 1. The van der Waals surface area contributed by atoms with E-state index in [0.29, 0.717) is 11.3 Å². The molecule has 0 aliphatic carbocycles. The van der Waals surface area contributed by atoms with Crippen LogP contribution in [0.4, 0.5) is 14.7 Å². The fraction of sp³-hybridized carbons (Fsp3) is 0.0833. The molecule has 2 N–H and O–H groups in total. The van der Waals surface area contributed by atoms with Crippen LogP contribution >= 0.6 is 0 Å². The molecule has 8 nitrogen and oxygen atoms in total. The summed E-state index contributed by atoms with van der Waals surface area (Å²) in [6.07, 6.45) is 2.88. The third-order valence-electron chi connectivity index (χ3n) is 5.55. The minimum absolute atomic E-state index is 0.0642. The fourth-order valence-electron chi connectivity index (χ4n) is 3.95. The van der Waals surface area contributed by atoms with Gasteiger partial charge in [-0.2, -0.15) is 0 Å². The van der Waals surface area contributed by atoms with Crippen LogP contribution < -0.4 is 9.64 Å². The SMILES string of the molecule is COc1cccc(C2/C(=C(\O)c3ccncc3)C(=O)C(=O)N2c2nc3cc(F)c(F)cc3[nH]2)c1. The van der Waals surface area contributed by atoms with E-state index in [1.807, 2.05) is 0 Å². The fourth-order valence-corrected chi connectivity index (χ4v) is 3.95. The molecule has 0 spiro atoms. The number of H-pyrrole nitrogens is 1. The number of ether oxygens (including phenoxy) is 1. The van der Waals surface area contributed by atoms with Crippen LogP contribution in [0, 0.1) is 11.6 Å². The summed E-state index contributed by atoms with van der Waals surface area (Å²) in [6, 6.07) is 10.3. The first kappa shape index (κ1) is 21.3. The van der Waals surface area contributed by atoms with Gasteiger partial charge in [-0.25, -0.2) is 13.8 Å². The number of carbonyl (C=O) groups is 2. The minimum Gasteiger partial charge on any atom is -0.507 e. The summed E-state index contributed by atoms with van der Waals surface area (Å²) in [5, 5.41) is 11.0. The molecule has 4 aromatic rings. The molecule has 1 atom stereocenters. The largest absolute Gasteiger partial charge is 0.507 e. The maximum atomic E-state index is 13.7. The topological polar surface area (TPSA) is 108 Å². The molecule has 2 aromatic carbocycles. The Morgan fingerprint density at radius 2 is 1.82 bits per heavy atom. The zero-order valence-electron chi connectivity index (χ0n) is 17.6. The standard InChI is InChI=1S/C24H16F2N4O4/c1-34-14-4-2-3-13(9-14)20-19(21(31)12-5-7-27-8-6-12)22(32)23(33)30(20)24-28-17-10-15(25)16(26)11-18(17)29-24/h2-11,20,31H,1H3,(H,28,29)/b21-19+. The molecule has 2 aromatic heterocycles. The van der Waals surface area contributed by atoms with Gasteiger partial charge in [0.1, 0.15) is 11.5 Å². The van der Waals surface area contributed by atoms with Gasteiger partial charge in [-0.15, -0.1) is 0 Å². The van der Waals surface area contributed by atoms with Gasteiger partial charge >= 0.3 is 5.91 Å². The highest BCUT2D eigenvalue weighted by Crippen LogP contribution is 2.42. The number of pyridine rings is 1. The molecule has 3 heterocycles. The molecular weight excluding hydrogens is 446 g/mol. The molecule has 1 saturated heterocycles. The van der Waals surface area contributed by atoms with Crippen LogP contribution in [0.25, 0.3) is 16.8 Å². The lowest BCUT2D eigenvalue weighted by atomic mass is 9.95. The highest BCUT2D eigenvalue weighted by Gasteiger charge is 2.48. The number of nitrogens with one attached hydrogen (secondary N) is 1. The van der Waals surface area contributed by atoms with E-state index in [1.54, 1.807) is 24.3 Å². The number of Topliss-reactive ketones (excluding diaryl/α,β-unsaturated/α-hetero) is 1. The quantitative estimate of drug-likeness (QED) is 0.271. The monoisotopic (exact) mass is 462 g/mol. The van der Waals surface area contributed by atoms with Crippen molar-refractivity contribution in [1.29, 1.82) is 0 Å². The molecule has 0 saturated carbocycles. The summed E-state index contributed by atoms with van der Waals surface area (Å²) in [5.74, 6) is -4.15. The number of hydrogen-bond donors (Lipinski definition) is 2. The minimum atomic E-state index is -1.10. The van der Waals surface area contributed by atoms with E-state index in [2.05, 4.69) is 15.0 Å². The molecule has 170 valence electrons. The Kier molecular flexibility index (Phi) is 5.05. The molecule has 1 fully saturated rings. The van der Waals surface area contributed by atoms with Gasteiger partial charge in [0.15, 0.2) is 11.6 Å². The zero-order chi connectivity index (χ0) is 24.0. The molecule has 34 heavy (non-hydrogen) atoms. The van der Waals surface area contributed by atoms with Gasteiger partial charge in [0.2, 0.25) is 5.95 Å². The Balaban J connectivity index is 1.75. The number of benzene rings is 2. The van der Waals surface area contributed by atoms with Crippen molar-refractivity contribution in [2.24, 2.45) is 0 Å². The Morgan fingerprint density at radius 1 is 1.09 bits per heavy atom. The van der Waals surface area contributed by atoms with Crippen molar-refractivity contribution in [2.75, 3.05) is 12.0 Å². The number of hydrogen-bond acceptors (Lipinski definition) is 6. The average Bonchev–Trinajstić information content (AvgIpc) is 3.37. The Labute approximate surface area is 191 Å². The number of aliphatic hydroxyl groups excluding tert-OH is 1. The highest BCUT2D eigenvalue weighted by atomic mass is 19.2. The number of aromatic nitrogens is 3. The summed E-state index contributed by atoms with van der Waals surface area (Å²) in [7, 11) is 1.47. The van der Waals surface area contributed by atoms with Crippen molar-refractivity contribution in [1.82, 2.24) is 15.0 Å². The van der Waals surface area contributed by atoms with Gasteiger partial charge in [-0.3, -0.25) is 19.5 Å². The number of ketones is 1. The van der Waals surface area contributed by atoms with Crippen LogP contribution in [-0.4, -0.2) is 38.9 Å². The molecule has 0 radical (unpaired) electrons. The molecular formula is C24H16F2N4O4. The van der Waals surface area contributed by atoms with Crippen molar-refractivity contribution in [3.63, 3.8) is 0 Å². The van der Waals surface area contributed by atoms with Crippen molar-refractivity contribution >= 4 is 34.4 Å². The van der Waals surface area contributed by atoms with E-state index in [1.165, 1.54) is 31.6 Å². The van der Waals surface area contributed by atoms with Crippen LogP contribution in [0.3, 0.4) is 0 Å². The second kappa shape index (κ2) is 8.07. The molecule has 5 rings (SSSR count). The second-order valence-corrected chi connectivity index (χ2v) is 7.53. The molecule has 1 amide bonds. The van der Waals surface area contributed by atoms with Gasteiger partial charge in [0, 0.05) is 30.1 Å². The van der Waals surface area contributed by atoms with Gasteiger partial charge in [-0.1, -0.05) is 12.1 Å². The van der Waals surface area contributed by atoms with Gasteiger partial charge in [0.25, 0.3) is 5.78 Å². The number of methoxy groups -OCH3 is 1. The maximum absolute atomic E-state index is 13.7. The number of amides is 1. The summed E-state index contributed by atoms with van der Waals surface area (Å²) in [6.45, 7) is 0. The van der Waals surface area contributed by atoms with E-state index in [4.69, 9.17) is 4.74 Å². The predicted molar refractivity (Wildman–Crippen MR) is 118 cm³/mol. The number of rotatable bonds is 4. The van der Waals surface area contributed by atoms with E-state index < -0.39 is 35.1 Å². The van der Waals surface area contributed by atoms with Crippen LogP contribution in [0.5, 0.6) is 5.75 Å². The van der Waals surface area contributed by atoms with Crippen molar-refractivity contribution in [2.45, 2.75) is 6.04 Å². The van der Waals surface area contributed by atoms with Gasteiger partial charge in [-0.05, 0) is 29.8 Å². The lowest BCUT2D eigenvalue weighted by Gasteiger charge is -2.23. The van der Waals surface area contributed by atoms with Crippen LogP contribution in [0.15, 0.2) is 66.5 Å². The summed E-state index contributed by atoms with van der Waals surface area (Å²) in [5.41, 5.74) is 0.757. The predicted octanol–water partition coefficient (Wildman–Crippen LogP) is 3.87. The Bertz CT molecular complexity index is 1440. The number of nitrogens with zero attached hydrogens (tertiary/aromatic N) is 3. The maximum Gasteiger partial charge on any atom is 0.302 e. The second-order valence-electron chi connectivity index (χ2n) is 7.53. The number of fused-ring (bicyclic) bond motifs is 1. The average molecular weight is 462 g/mol. The number of halogens is 2. The molecule has 1 aliphatic heterocycles. The van der Waals surface area contributed by atoms with E-state index >= 15 is 0 Å². The third-order valence-corrected chi connectivity index (χ3v) is 5.55. The van der Waals surface area contributed by atoms with Crippen molar-refractivity contribution in [3.8, 4) is 5.75 Å². The first-order valence-electron chi connectivity index (χ1n) is 10.1. The van der Waals surface area contributed by atoms with E-state index in [-0.39, 0.29) is 28.1 Å². The van der Waals surface area contributed by atoms with E-state index in [0.717, 1.165) is 17.0 Å². The first-order chi connectivity index (χ1) is 16.4. The molecule has 10 heteroatoms. The van der Waals surface area contributed by atoms with Crippen molar-refractivity contribution in [3.05, 3.63) is 89.3 Å². The summed E-state index contributed by atoms with van der Waals surface area (Å²) >= 11 is 0. The number of imidazole rings is 1. The highest BCUT2D eigenvalue weighted by molar-refractivity contribution is 6.51. The van der Waals surface area contributed by atoms with Crippen LogP contribution in [-0.2, 0) is 9.59 Å². The summed E-state index contributed by atoms with van der Waals surface area (Å²) < 4.78 is 32.8. The van der Waals surface area contributed by atoms with Gasteiger partial charge in [0.05, 0.1) is 29.8 Å². The Morgan fingerprint density at radius 3 is 2.56 bits per heavy atom. The molecule has 1 aliphatic rings. The first-order valence-corrected chi connectivity index (χ1v) is 10.1. The number of aliphatic hydroxyl groups is 1. The van der Waals surface area contributed by atoms with Crippen LogP contribution in [0.1, 0.15) is 17.2 Å². The normalized spacial score (nSPS) is 17.5. The molecule has 1 unspecified atom stereocenters. The molecule has 0 bridgehead atoms. The number of anilines is 1.